The summed E-state index contributed by atoms with van der Waals surface area (Å²) >= 11 is 1.40. The van der Waals surface area contributed by atoms with Crippen LogP contribution in [0.15, 0.2) is 158 Å². The number of aliphatic hydroxyl groups is 1. The minimum Gasteiger partial charge on any atom is -0.496 e. The highest BCUT2D eigenvalue weighted by atomic mass is 32.2. The smallest absolute Gasteiger partial charge is 0.168 e. The molecule has 1 aliphatic rings. The van der Waals surface area contributed by atoms with E-state index in [4.69, 9.17) is 28.4 Å². The van der Waals surface area contributed by atoms with Crippen LogP contribution < -0.4 is 9.47 Å². The number of thioether (sulfide) groups is 1. The average Bonchev–Trinajstić information content (AvgIpc) is 3.27. The second-order valence-corrected chi connectivity index (χ2v) is 16.3. The molecule has 6 aromatic rings. The van der Waals surface area contributed by atoms with Gasteiger partial charge in [0.15, 0.2) is 4.93 Å². The molecule has 1 N–H and O–H groups in total. The fourth-order valence-electron chi connectivity index (χ4n) is 7.53. The molecule has 1 heterocycles. The summed E-state index contributed by atoms with van der Waals surface area (Å²) in [6.07, 6.45) is -1.54. The van der Waals surface area contributed by atoms with E-state index >= 15 is 0 Å². The van der Waals surface area contributed by atoms with E-state index in [0.717, 1.165) is 44.7 Å². The molecule has 0 bridgehead atoms. The standard InChI is InChI=1S/C51H54O7S/c1-4-55-44-27-25-38(26-28-44)30-43-31-45(46(53-3)29-37(43)2)51(52)50(58-35-42-23-15-8-16-24-42)49(57-34-41-21-13-7-14-22-41)48(56-33-40-19-11-6-12-20-40)47(59-51)36-54-32-39-17-9-5-10-18-39/h5-29,31,47-50,52H,4,30,32-36H2,1-3H3/t47-,48+,49-,50+,51-/m0/s1. The number of rotatable bonds is 19. The summed E-state index contributed by atoms with van der Waals surface area (Å²) in [6.45, 7) is 6.23. The molecule has 0 spiro atoms. The minimum atomic E-state index is -1.67. The lowest BCUT2D eigenvalue weighted by Gasteiger charge is -2.50. The topological polar surface area (TPSA) is 75.6 Å². The Labute approximate surface area is 353 Å². The minimum absolute atomic E-state index is 0.243. The van der Waals surface area contributed by atoms with E-state index in [2.05, 4.69) is 49.4 Å². The first kappa shape index (κ1) is 42.2. The Morgan fingerprint density at radius 1 is 0.593 bits per heavy atom. The van der Waals surface area contributed by atoms with E-state index < -0.39 is 23.2 Å². The highest BCUT2D eigenvalue weighted by molar-refractivity contribution is 8.00. The predicted molar refractivity (Wildman–Crippen MR) is 235 cm³/mol. The van der Waals surface area contributed by atoms with Crippen molar-refractivity contribution in [3.05, 3.63) is 202 Å². The molecule has 0 saturated carbocycles. The predicted octanol–water partition coefficient (Wildman–Crippen LogP) is 10.2. The summed E-state index contributed by atoms with van der Waals surface area (Å²) in [5.74, 6) is 1.40. The molecule has 0 aromatic heterocycles. The molecule has 0 radical (unpaired) electrons. The van der Waals surface area contributed by atoms with Crippen LogP contribution in [0.2, 0.25) is 0 Å². The van der Waals surface area contributed by atoms with E-state index in [9.17, 15) is 5.11 Å². The number of benzene rings is 6. The Hall–Kier alpha value is -4.93. The normalized spacial score (nSPS) is 20.3. The van der Waals surface area contributed by atoms with Gasteiger partial charge >= 0.3 is 0 Å². The molecule has 0 aliphatic carbocycles. The zero-order chi connectivity index (χ0) is 40.9. The first-order valence-electron chi connectivity index (χ1n) is 20.3. The van der Waals surface area contributed by atoms with E-state index in [1.54, 1.807) is 7.11 Å². The molecule has 59 heavy (non-hydrogen) atoms. The Kier molecular flexibility index (Phi) is 14.9. The summed E-state index contributed by atoms with van der Waals surface area (Å²) in [6, 6.07) is 52.6. The van der Waals surface area contributed by atoms with Gasteiger partial charge in [-0.25, -0.2) is 0 Å². The van der Waals surface area contributed by atoms with Crippen LogP contribution in [0.5, 0.6) is 11.5 Å². The van der Waals surface area contributed by atoms with Gasteiger partial charge in [0.05, 0.1) is 52.0 Å². The number of hydrogen-bond acceptors (Lipinski definition) is 8. The van der Waals surface area contributed by atoms with E-state index in [1.165, 1.54) is 11.8 Å². The number of hydrogen-bond donors (Lipinski definition) is 1. The van der Waals surface area contributed by atoms with Crippen LogP contribution in [0.25, 0.3) is 0 Å². The van der Waals surface area contributed by atoms with Gasteiger partial charge in [-0.2, -0.15) is 0 Å². The van der Waals surface area contributed by atoms with Crippen LogP contribution in [-0.4, -0.2) is 49.0 Å². The summed E-state index contributed by atoms with van der Waals surface area (Å²) in [7, 11) is 1.65. The average molecular weight is 811 g/mol. The van der Waals surface area contributed by atoms with Crippen LogP contribution in [-0.2, 0) is 56.7 Å². The monoisotopic (exact) mass is 810 g/mol. The molecule has 8 heteroatoms. The number of aryl methyl sites for hydroxylation is 1. The van der Waals surface area contributed by atoms with Crippen molar-refractivity contribution in [1.29, 1.82) is 0 Å². The van der Waals surface area contributed by atoms with Crippen molar-refractivity contribution >= 4 is 11.8 Å². The van der Waals surface area contributed by atoms with Crippen LogP contribution >= 0.6 is 11.8 Å². The molecule has 1 aliphatic heterocycles. The summed E-state index contributed by atoms with van der Waals surface area (Å²) < 4.78 is 39.3. The van der Waals surface area contributed by atoms with Crippen LogP contribution in [0.3, 0.4) is 0 Å². The third kappa shape index (κ3) is 11.0. The molecular formula is C51H54O7S. The van der Waals surface area contributed by atoms with Crippen molar-refractivity contribution in [1.82, 2.24) is 0 Å². The first-order valence-corrected chi connectivity index (χ1v) is 21.2. The van der Waals surface area contributed by atoms with Gasteiger partial charge in [-0.05, 0) is 83.5 Å². The Morgan fingerprint density at radius 2 is 1.10 bits per heavy atom. The molecule has 1 fully saturated rings. The van der Waals surface area contributed by atoms with Crippen molar-refractivity contribution in [2.75, 3.05) is 20.3 Å². The molecule has 0 unspecified atom stereocenters. The van der Waals surface area contributed by atoms with Crippen molar-refractivity contribution in [3.63, 3.8) is 0 Å². The second-order valence-electron chi connectivity index (χ2n) is 14.8. The summed E-state index contributed by atoms with van der Waals surface area (Å²) in [4.78, 5) is -1.67. The lowest BCUT2D eigenvalue weighted by atomic mass is 9.89. The van der Waals surface area contributed by atoms with Gasteiger partial charge in [-0.15, -0.1) is 11.8 Å². The Balaban J connectivity index is 1.32. The fourth-order valence-corrected chi connectivity index (χ4v) is 9.14. The highest BCUT2D eigenvalue weighted by Gasteiger charge is 2.57. The summed E-state index contributed by atoms with van der Waals surface area (Å²) in [5, 5.41) is 13.3. The third-order valence-electron chi connectivity index (χ3n) is 10.6. The quantitative estimate of drug-likeness (QED) is 0.0867. The summed E-state index contributed by atoms with van der Waals surface area (Å²) in [5.41, 5.74) is 7.91. The Bertz CT molecular complexity index is 2150. The van der Waals surface area contributed by atoms with Crippen LogP contribution in [0.4, 0.5) is 0 Å². The molecule has 7 rings (SSSR count). The maximum atomic E-state index is 13.7. The fraction of sp³-hybridized carbons (Fsp3) is 0.294. The van der Waals surface area contributed by atoms with Gasteiger partial charge in [0.1, 0.15) is 29.8 Å². The zero-order valence-corrected chi connectivity index (χ0v) is 34.9. The van der Waals surface area contributed by atoms with Crippen molar-refractivity contribution in [2.24, 2.45) is 0 Å². The van der Waals surface area contributed by atoms with Gasteiger partial charge in [-0.3, -0.25) is 0 Å². The molecule has 7 nitrogen and oxygen atoms in total. The molecule has 306 valence electrons. The van der Waals surface area contributed by atoms with E-state index in [0.29, 0.717) is 37.6 Å². The zero-order valence-electron chi connectivity index (χ0n) is 34.1. The van der Waals surface area contributed by atoms with Crippen LogP contribution in [0.1, 0.15) is 51.4 Å². The van der Waals surface area contributed by atoms with Gasteiger partial charge in [0.25, 0.3) is 0 Å². The van der Waals surface area contributed by atoms with Crippen molar-refractivity contribution < 1.29 is 33.5 Å². The first-order chi connectivity index (χ1) is 28.9. The third-order valence-corrected chi connectivity index (χ3v) is 12.1. The molecule has 0 amide bonds. The molecule has 6 aromatic carbocycles. The van der Waals surface area contributed by atoms with Gasteiger partial charge in [0.2, 0.25) is 0 Å². The maximum absolute atomic E-state index is 13.7. The van der Waals surface area contributed by atoms with Gasteiger partial charge in [-0.1, -0.05) is 133 Å². The van der Waals surface area contributed by atoms with Crippen molar-refractivity contribution in [2.45, 2.75) is 75.2 Å². The molecular weight excluding hydrogens is 757 g/mol. The lowest BCUT2D eigenvalue weighted by Crippen LogP contribution is -2.61. The van der Waals surface area contributed by atoms with E-state index in [-0.39, 0.29) is 25.1 Å². The SMILES string of the molecule is CCOc1ccc(Cc2cc([C@]3(O)S[C@@H](COCc4ccccc4)[C@@H](OCc4ccccc4)[C@H](OCc4ccccc4)[C@H]3OCc3ccccc3)c(OC)cc2C)cc1. The molecule has 5 atom stereocenters. The number of ether oxygens (including phenoxy) is 6. The molecule has 1 saturated heterocycles. The number of methoxy groups -OCH3 is 1. The largest absolute Gasteiger partial charge is 0.496 e. The van der Waals surface area contributed by atoms with Gasteiger partial charge in [0, 0.05) is 5.56 Å². The second kappa shape index (κ2) is 20.9. The van der Waals surface area contributed by atoms with Crippen molar-refractivity contribution in [3.8, 4) is 11.5 Å². The van der Waals surface area contributed by atoms with Crippen LogP contribution in [0, 0.1) is 6.92 Å². The van der Waals surface area contributed by atoms with E-state index in [1.807, 2.05) is 122 Å². The lowest BCUT2D eigenvalue weighted by molar-refractivity contribution is -0.199. The highest BCUT2D eigenvalue weighted by Crippen LogP contribution is 2.53. The van der Waals surface area contributed by atoms with Gasteiger partial charge < -0.3 is 33.5 Å². The Morgan fingerprint density at radius 3 is 1.63 bits per heavy atom. The maximum Gasteiger partial charge on any atom is 0.168 e.